The number of amides is 1. The molecular weight excluding hydrogens is 411 g/mol. The molecule has 2 aromatic heterocycles. The van der Waals surface area contributed by atoms with Crippen molar-refractivity contribution < 1.29 is 18.0 Å². The topological polar surface area (TPSA) is 79.8 Å². The first-order valence-electron chi connectivity index (χ1n) is 7.38. The molecule has 0 radical (unpaired) electrons. The molecule has 0 bridgehead atoms. The molecule has 142 valence electrons. The van der Waals surface area contributed by atoms with Crippen molar-refractivity contribution in [1.82, 2.24) is 15.2 Å². The van der Waals surface area contributed by atoms with Crippen molar-refractivity contribution in [2.45, 2.75) is 24.4 Å². The van der Waals surface area contributed by atoms with Gasteiger partial charge in [-0.2, -0.15) is 13.2 Å². The molecular formula is C14H15ClF3N5OS2. The summed E-state index contributed by atoms with van der Waals surface area (Å²) in [6.45, 7) is 4.89. The van der Waals surface area contributed by atoms with Gasteiger partial charge in [0, 0.05) is 12.7 Å². The van der Waals surface area contributed by atoms with Crippen LogP contribution in [0, 0.1) is 5.92 Å². The maximum absolute atomic E-state index is 12.6. The van der Waals surface area contributed by atoms with E-state index < -0.39 is 17.6 Å². The van der Waals surface area contributed by atoms with Gasteiger partial charge in [0.15, 0.2) is 10.2 Å². The number of hydrogen-bond donors (Lipinski definition) is 2. The predicted octanol–water partition coefficient (Wildman–Crippen LogP) is 4.40. The Labute approximate surface area is 160 Å². The Balaban J connectivity index is 1.87. The van der Waals surface area contributed by atoms with Crippen molar-refractivity contribution in [3.05, 3.63) is 22.8 Å². The number of carbonyl (C=O) groups excluding carboxylic acids is 1. The Morgan fingerprint density at radius 3 is 2.73 bits per heavy atom. The second-order valence-corrected chi connectivity index (χ2v) is 8.14. The minimum absolute atomic E-state index is 0.00214. The summed E-state index contributed by atoms with van der Waals surface area (Å²) in [7, 11) is 0. The molecule has 12 heteroatoms. The smallest absolute Gasteiger partial charge is 0.360 e. The fraction of sp³-hybridized carbons (Fsp3) is 0.429. The van der Waals surface area contributed by atoms with Crippen molar-refractivity contribution in [2.75, 3.05) is 22.9 Å². The van der Waals surface area contributed by atoms with Crippen LogP contribution in [0.5, 0.6) is 0 Å². The van der Waals surface area contributed by atoms with Gasteiger partial charge in [-0.1, -0.05) is 48.5 Å². The van der Waals surface area contributed by atoms with Crippen LogP contribution in [0.4, 0.5) is 24.1 Å². The molecule has 0 aliphatic rings. The molecule has 0 aliphatic heterocycles. The van der Waals surface area contributed by atoms with E-state index in [-0.39, 0.29) is 16.6 Å². The van der Waals surface area contributed by atoms with Crippen LogP contribution >= 0.6 is 34.7 Å². The van der Waals surface area contributed by atoms with E-state index in [1.807, 2.05) is 0 Å². The van der Waals surface area contributed by atoms with Crippen LogP contribution in [-0.2, 0) is 11.0 Å². The first-order valence-corrected chi connectivity index (χ1v) is 9.56. The number of nitrogens with zero attached hydrogens (tertiary/aromatic N) is 3. The summed E-state index contributed by atoms with van der Waals surface area (Å²) in [5.41, 5.74) is -0.981. The third-order valence-corrected chi connectivity index (χ3v) is 5.12. The largest absolute Gasteiger partial charge is 0.417 e. The molecule has 0 aliphatic carbocycles. The highest BCUT2D eigenvalue weighted by Crippen LogP contribution is 2.32. The Kier molecular flexibility index (Phi) is 7.07. The van der Waals surface area contributed by atoms with Crippen LogP contribution in [0.15, 0.2) is 16.6 Å². The zero-order chi connectivity index (χ0) is 19.3. The lowest BCUT2D eigenvalue weighted by Gasteiger charge is -2.09. The number of pyridine rings is 1. The third kappa shape index (κ3) is 6.29. The van der Waals surface area contributed by atoms with Gasteiger partial charge in [-0.05, 0) is 12.0 Å². The van der Waals surface area contributed by atoms with Crippen LogP contribution in [0.2, 0.25) is 5.02 Å². The van der Waals surface area contributed by atoms with Gasteiger partial charge in [-0.15, -0.1) is 10.2 Å². The van der Waals surface area contributed by atoms with E-state index in [4.69, 9.17) is 11.6 Å². The van der Waals surface area contributed by atoms with Crippen LogP contribution in [0.1, 0.15) is 19.4 Å². The summed E-state index contributed by atoms with van der Waals surface area (Å²) in [6, 6.07) is 0.717. The maximum atomic E-state index is 12.6. The lowest BCUT2D eigenvalue weighted by Crippen LogP contribution is -2.16. The number of nitrogens with one attached hydrogen (secondary N) is 2. The van der Waals surface area contributed by atoms with Crippen LogP contribution < -0.4 is 10.6 Å². The quantitative estimate of drug-likeness (QED) is 0.640. The van der Waals surface area contributed by atoms with Gasteiger partial charge in [0.1, 0.15) is 0 Å². The van der Waals surface area contributed by atoms with E-state index in [1.54, 1.807) is 0 Å². The molecule has 1 amide bonds. The minimum atomic E-state index is -4.55. The van der Waals surface area contributed by atoms with Gasteiger partial charge in [-0.25, -0.2) is 4.98 Å². The second-order valence-electron chi connectivity index (χ2n) is 5.54. The van der Waals surface area contributed by atoms with Gasteiger partial charge in [0.25, 0.3) is 0 Å². The number of thioether (sulfide) groups is 1. The monoisotopic (exact) mass is 425 g/mol. The summed E-state index contributed by atoms with van der Waals surface area (Å²) in [5.74, 6) is -0.127. The second kappa shape index (κ2) is 8.87. The van der Waals surface area contributed by atoms with Crippen molar-refractivity contribution >= 4 is 51.6 Å². The third-order valence-electron chi connectivity index (χ3n) is 2.82. The summed E-state index contributed by atoms with van der Waals surface area (Å²) < 4.78 is 38.3. The van der Waals surface area contributed by atoms with Gasteiger partial charge < -0.3 is 10.6 Å². The van der Waals surface area contributed by atoms with Crippen LogP contribution in [0.3, 0.4) is 0 Å². The normalized spacial score (nSPS) is 11.7. The average molecular weight is 426 g/mol. The molecule has 2 aromatic rings. The van der Waals surface area contributed by atoms with E-state index in [2.05, 4.69) is 39.7 Å². The first kappa shape index (κ1) is 20.7. The summed E-state index contributed by atoms with van der Waals surface area (Å²) in [6.07, 6.45) is -3.93. The molecule has 2 rings (SSSR count). The van der Waals surface area contributed by atoms with Gasteiger partial charge in [-0.3, -0.25) is 4.79 Å². The van der Waals surface area contributed by atoms with E-state index in [0.29, 0.717) is 27.7 Å². The fourth-order valence-electron chi connectivity index (χ4n) is 1.61. The zero-order valence-corrected chi connectivity index (χ0v) is 16.1. The number of carbonyl (C=O) groups is 1. The molecule has 0 saturated heterocycles. The first-order chi connectivity index (χ1) is 12.1. The number of halogens is 4. The highest BCUT2D eigenvalue weighted by molar-refractivity contribution is 8.01. The van der Waals surface area contributed by atoms with Crippen LogP contribution in [0.25, 0.3) is 0 Å². The van der Waals surface area contributed by atoms with Crippen molar-refractivity contribution in [1.29, 1.82) is 0 Å². The number of aromatic nitrogens is 3. The number of anilines is 2. The lowest BCUT2D eigenvalue weighted by molar-refractivity contribution is -0.137. The molecule has 0 saturated carbocycles. The predicted molar refractivity (Wildman–Crippen MR) is 96.8 cm³/mol. The Hall–Kier alpha value is -1.59. The fourth-order valence-corrected chi connectivity index (χ4v) is 3.38. The number of alkyl halides is 3. The van der Waals surface area contributed by atoms with Crippen molar-refractivity contribution in [3.8, 4) is 0 Å². The van der Waals surface area contributed by atoms with E-state index >= 15 is 0 Å². The highest BCUT2D eigenvalue weighted by atomic mass is 35.5. The molecule has 6 nitrogen and oxygen atoms in total. The molecule has 2 N–H and O–H groups in total. The van der Waals surface area contributed by atoms with Crippen molar-refractivity contribution in [3.63, 3.8) is 0 Å². The Bertz CT molecular complexity index is 769. The lowest BCUT2D eigenvalue weighted by atomic mass is 10.2. The molecule has 26 heavy (non-hydrogen) atoms. The molecule has 0 spiro atoms. The van der Waals surface area contributed by atoms with Gasteiger partial charge in [0.2, 0.25) is 11.0 Å². The van der Waals surface area contributed by atoms with Gasteiger partial charge >= 0.3 is 6.18 Å². The SMILES string of the molecule is CC(C)CNc1nnc(SCC(=O)Nc2ncc(C(F)(F)F)cc2Cl)s1. The number of rotatable bonds is 7. The molecule has 0 aromatic carbocycles. The molecule has 0 fully saturated rings. The van der Waals surface area contributed by atoms with Crippen LogP contribution in [-0.4, -0.2) is 33.4 Å². The summed E-state index contributed by atoms with van der Waals surface area (Å²) >= 11 is 8.22. The molecule has 0 atom stereocenters. The van der Waals surface area contributed by atoms with Gasteiger partial charge in [0.05, 0.1) is 16.3 Å². The number of hydrogen-bond acceptors (Lipinski definition) is 7. The molecule has 0 unspecified atom stereocenters. The highest BCUT2D eigenvalue weighted by Gasteiger charge is 2.31. The summed E-state index contributed by atoms with van der Waals surface area (Å²) in [5, 5.41) is 13.8. The minimum Gasteiger partial charge on any atom is -0.360 e. The van der Waals surface area contributed by atoms with E-state index in [1.165, 1.54) is 11.3 Å². The maximum Gasteiger partial charge on any atom is 0.417 e. The molecule has 2 heterocycles. The Morgan fingerprint density at radius 1 is 1.38 bits per heavy atom. The van der Waals surface area contributed by atoms with E-state index in [0.717, 1.165) is 18.3 Å². The Morgan fingerprint density at radius 2 is 2.12 bits per heavy atom. The van der Waals surface area contributed by atoms with E-state index in [9.17, 15) is 18.0 Å². The standard InChI is InChI=1S/C14H15ClF3N5OS2/c1-7(2)4-20-12-22-23-13(26-12)25-6-10(24)21-11-9(15)3-8(5-19-11)14(16,17)18/h3,5,7H,4,6H2,1-2H3,(H,20,22)(H,19,21,24). The van der Waals surface area contributed by atoms with Crippen molar-refractivity contribution in [2.24, 2.45) is 5.92 Å². The zero-order valence-electron chi connectivity index (χ0n) is 13.7. The average Bonchev–Trinajstić information content (AvgIpc) is 3.00. The summed E-state index contributed by atoms with van der Waals surface area (Å²) in [4.78, 5) is 15.5.